The van der Waals surface area contributed by atoms with E-state index in [9.17, 15) is 23.7 Å². The maximum Gasteiger partial charge on any atom is 0.262 e. The van der Waals surface area contributed by atoms with Crippen molar-refractivity contribution < 1.29 is 38.0 Å². The highest BCUT2D eigenvalue weighted by atomic mass is 35.5. The Morgan fingerprint density at radius 1 is 0.839 bits per heavy atom. The van der Waals surface area contributed by atoms with Crippen LogP contribution in [-0.2, 0) is 42.9 Å². The molecule has 1 aromatic heterocycles. The molecule has 0 spiro atoms. The number of ether oxygens (including phenoxy) is 3. The SMILES string of the molecule is COc1cc(N2CCN(CCCOCCOCCCc3cccc4c3C(=O)N(C3CCC(=O)NC3=O)C4=O)CC2)ccc1Cc1ncc(Cl)c(Cc2ccccc2P(C)(C)=O)n1. The highest BCUT2D eigenvalue weighted by Gasteiger charge is 2.45. The molecule has 62 heavy (non-hydrogen) atoms. The van der Waals surface area contributed by atoms with Crippen LogP contribution in [0.4, 0.5) is 5.69 Å². The zero-order valence-corrected chi connectivity index (χ0v) is 37.2. The third-order valence-electron chi connectivity index (χ3n) is 11.6. The molecule has 4 amide bonds. The van der Waals surface area contributed by atoms with E-state index in [0.29, 0.717) is 79.8 Å². The summed E-state index contributed by atoms with van der Waals surface area (Å²) < 4.78 is 30.4. The quantitative estimate of drug-likeness (QED) is 0.0751. The Morgan fingerprint density at radius 2 is 1.58 bits per heavy atom. The lowest BCUT2D eigenvalue weighted by Gasteiger charge is -2.36. The molecule has 2 saturated heterocycles. The maximum absolute atomic E-state index is 13.3. The number of rotatable bonds is 19. The molecule has 1 atom stereocenters. The van der Waals surface area contributed by atoms with Gasteiger partial charge in [-0.15, -0.1) is 0 Å². The number of fused-ring (bicyclic) bond motifs is 1. The first-order valence-corrected chi connectivity index (χ1v) is 24.2. The van der Waals surface area contributed by atoms with Gasteiger partial charge in [-0.1, -0.05) is 54.1 Å². The standard InChI is InChI=1S/C46H54ClN6O8P/c1-59-39-29-34(15-14-32(39)28-41-48-30-36(47)37(49-41)27-33-9-4-5-13-40(33)62(2,3)58)52-21-19-51(20-22-52)18-8-24-61-26-25-60-23-7-11-31-10-6-12-35-43(31)46(57)53(45(35)56)38-16-17-42(54)50-44(38)55/h4-6,9-10,12-15,29-30,38H,7-8,11,16-28H2,1-3H3,(H,50,54,55). The molecular weight excluding hydrogens is 831 g/mol. The predicted octanol–water partition coefficient (Wildman–Crippen LogP) is 5.15. The number of piperazine rings is 1. The lowest BCUT2D eigenvalue weighted by molar-refractivity contribution is -0.136. The Morgan fingerprint density at radius 3 is 2.32 bits per heavy atom. The summed E-state index contributed by atoms with van der Waals surface area (Å²) in [5, 5.41) is 3.55. The molecule has 7 rings (SSSR count). The molecule has 0 saturated carbocycles. The van der Waals surface area contributed by atoms with Crippen LogP contribution in [0.1, 0.15) is 74.6 Å². The molecule has 14 nitrogen and oxygen atoms in total. The Kier molecular flexibility index (Phi) is 14.9. The largest absolute Gasteiger partial charge is 0.496 e. The Bertz CT molecular complexity index is 2350. The van der Waals surface area contributed by atoms with Crippen LogP contribution in [0.2, 0.25) is 5.02 Å². The monoisotopic (exact) mass is 884 g/mol. The summed E-state index contributed by atoms with van der Waals surface area (Å²) in [4.78, 5) is 65.6. The third kappa shape index (κ3) is 10.8. The van der Waals surface area contributed by atoms with E-state index in [2.05, 4.69) is 38.3 Å². The van der Waals surface area contributed by atoms with E-state index in [4.69, 9.17) is 30.8 Å². The lowest BCUT2D eigenvalue weighted by Crippen LogP contribution is -2.54. The van der Waals surface area contributed by atoms with Crippen LogP contribution in [-0.4, -0.2) is 129 Å². The van der Waals surface area contributed by atoms with Gasteiger partial charge in [-0.25, -0.2) is 9.97 Å². The minimum Gasteiger partial charge on any atom is -0.496 e. The van der Waals surface area contributed by atoms with Gasteiger partial charge in [0.1, 0.15) is 24.8 Å². The van der Waals surface area contributed by atoms with E-state index in [1.54, 1.807) is 38.8 Å². The second-order valence-corrected chi connectivity index (χ2v) is 19.8. The van der Waals surface area contributed by atoms with Gasteiger partial charge in [-0.05, 0) is 62.3 Å². The topological polar surface area (TPSA) is 161 Å². The molecule has 2 fully saturated rings. The number of piperidine rings is 1. The van der Waals surface area contributed by atoms with Crippen molar-refractivity contribution in [2.75, 3.05) is 84.5 Å². The number of aryl methyl sites for hydroxylation is 1. The van der Waals surface area contributed by atoms with E-state index in [1.807, 2.05) is 30.3 Å². The summed E-state index contributed by atoms with van der Waals surface area (Å²) in [5.41, 5.74) is 5.11. The summed E-state index contributed by atoms with van der Waals surface area (Å²) in [5.74, 6) is -0.585. The van der Waals surface area contributed by atoms with Crippen LogP contribution >= 0.6 is 18.7 Å². The van der Waals surface area contributed by atoms with Crippen molar-refractivity contribution in [2.24, 2.45) is 0 Å². The molecule has 0 radical (unpaired) electrons. The number of hydrogen-bond donors (Lipinski definition) is 1. The van der Waals surface area contributed by atoms with Crippen LogP contribution in [0.3, 0.4) is 0 Å². The molecule has 0 bridgehead atoms. The first kappa shape index (κ1) is 45.1. The van der Waals surface area contributed by atoms with Gasteiger partial charge in [0.25, 0.3) is 11.8 Å². The van der Waals surface area contributed by atoms with Crippen molar-refractivity contribution in [3.8, 4) is 5.75 Å². The van der Waals surface area contributed by atoms with Gasteiger partial charge in [0.05, 0.1) is 42.2 Å². The molecule has 328 valence electrons. The van der Waals surface area contributed by atoms with Crippen LogP contribution in [0.15, 0.2) is 66.9 Å². The number of aromatic nitrogens is 2. The number of methoxy groups -OCH3 is 1. The normalized spacial score (nSPS) is 17.1. The number of carbonyl (C=O) groups is 4. The zero-order valence-electron chi connectivity index (χ0n) is 35.6. The summed E-state index contributed by atoms with van der Waals surface area (Å²) in [6.07, 6.45) is 4.92. The fourth-order valence-electron chi connectivity index (χ4n) is 8.37. The predicted molar refractivity (Wildman–Crippen MR) is 238 cm³/mol. The second-order valence-electron chi connectivity index (χ2n) is 16.2. The Labute approximate surface area is 367 Å². The van der Waals surface area contributed by atoms with Crippen molar-refractivity contribution in [3.63, 3.8) is 0 Å². The zero-order chi connectivity index (χ0) is 43.8. The molecule has 1 N–H and O–H groups in total. The molecule has 16 heteroatoms. The van der Waals surface area contributed by atoms with E-state index < -0.39 is 36.8 Å². The third-order valence-corrected chi connectivity index (χ3v) is 13.5. The summed E-state index contributed by atoms with van der Waals surface area (Å²) in [6, 6.07) is 18.2. The lowest BCUT2D eigenvalue weighted by atomic mass is 9.99. The van der Waals surface area contributed by atoms with Gasteiger partial charge in [-0.2, -0.15) is 0 Å². The minimum absolute atomic E-state index is 0.0837. The maximum atomic E-state index is 13.3. The fourth-order valence-corrected chi connectivity index (χ4v) is 9.81. The highest BCUT2D eigenvalue weighted by Crippen LogP contribution is 2.37. The van der Waals surface area contributed by atoms with E-state index in [1.165, 1.54) is 0 Å². The molecule has 4 aromatic rings. The first-order chi connectivity index (χ1) is 29.9. The number of carbonyl (C=O) groups excluding carboxylic acids is 4. The molecule has 3 aliphatic heterocycles. The van der Waals surface area contributed by atoms with E-state index in [-0.39, 0.29) is 12.8 Å². The Hall–Kier alpha value is -4.98. The summed E-state index contributed by atoms with van der Waals surface area (Å²) in [7, 11) is -0.794. The molecule has 1 unspecified atom stereocenters. The second kappa shape index (κ2) is 20.5. The number of anilines is 1. The molecule has 4 heterocycles. The number of nitrogens with one attached hydrogen (secondary N) is 1. The first-order valence-electron chi connectivity index (χ1n) is 21.2. The number of amides is 4. The average Bonchev–Trinajstić information content (AvgIpc) is 3.51. The van der Waals surface area contributed by atoms with Gasteiger partial charge < -0.3 is 23.7 Å². The summed E-state index contributed by atoms with van der Waals surface area (Å²) >= 11 is 6.55. The van der Waals surface area contributed by atoms with Crippen LogP contribution in [0.5, 0.6) is 5.75 Å². The van der Waals surface area contributed by atoms with Crippen molar-refractivity contribution in [1.82, 2.24) is 25.1 Å². The van der Waals surface area contributed by atoms with Gasteiger partial charge in [0.2, 0.25) is 11.8 Å². The summed E-state index contributed by atoms with van der Waals surface area (Å²) in [6.45, 7) is 10.3. The number of benzene rings is 3. The van der Waals surface area contributed by atoms with Gasteiger partial charge in [0, 0.05) is 94.0 Å². The Balaban J connectivity index is 0.787. The number of imide groups is 2. The van der Waals surface area contributed by atoms with Crippen molar-refractivity contribution in [2.45, 2.75) is 51.0 Å². The number of halogens is 1. The molecule has 0 aliphatic carbocycles. The fraction of sp³-hybridized carbons (Fsp3) is 0.435. The smallest absolute Gasteiger partial charge is 0.262 e. The molecular formula is C46H54ClN6O8P. The van der Waals surface area contributed by atoms with Gasteiger partial charge in [0.15, 0.2) is 0 Å². The van der Waals surface area contributed by atoms with Crippen molar-refractivity contribution >= 4 is 53.4 Å². The minimum atomic E-state index is -2.48. The van der Waals surface area contributed by atoms with E-state index >= 15 is 0 Å². The van der Waals surface area contributed by atoms with Crippen LogP contribution < -0.4 is 20.3 Å². The number of nitrogens with zero attached hydrogens (tertiary/aromatic N) is 5. The van der Waals surface area contributed by atoms with Crippen LogP contribution in [0, 0.1) is 0 Å². The van der Waals surface area contributed by atoms with Crippen LogP contribution in [0.25, 0.3) is 0 Å². The number of hydrogen-bond acceptors (Lipinski definition) is 12. The highest BCUT2D eigenvalue weighted by molar-refractivity contribution is 7.70. The van der Waals surface area contributed by atoms with Gasteiger partial charge >= 0.3 is 0 Å². The molecule has 3 aliphatic rings. The van der Waals surface area contributed by atoms with E-state index in [0.717, 1.165) is 77.5 Å². The molecule has 3 aromatic carbocycles. The van der Waals surface area contributed by atoms with Crippen molar-refractivity contribution in [3.05, 3.63) is 111 Å². The van der Waals surface area contributed by atoms with Gasteiger partial charge in [-0.3, -0.25) is 34.3 Å². The van der Waals surface area contributed by atoms with Crippen molar-refractivity contribution in [1.29, 1.82) is 0 Å². The average molecular weight is 885 g/mol.